The van der Waals surface area contributed by atoms with E-state index in [1.807, 2.05) is 0 Å². The molecule has 0 radical (unpaired) electrons. The Balaban J connectivity index is 2.34. The molecule has 0 spiro atoms. The molecule has 0 amide bonds. The van der Waals surface area contributed by atoms with Gasteiger partial charge in [-0.1, -0.05) is 28.1 Å². The lowest BCUT2D eigenvalue weighted by atomic mass is 10.2. The molecule has 0 bridgehead atoms. The highest BCUT2D eigenvalue weighted by molar-refractivity contribution is 9.10. The van der Waals surface area contributed by atoms with Crippen LogP contribution in [0.5, 0.6) is 0 Å². The number of nitrogens with two attached hydrogens (primary N) is 1. The van der Waals surface area contributed by atoms with E-state index >= 15 is 0 Å². The third kappa shape index (κ3) is 5.64. The van der Waals surface area contributed by atoms with Gasteiger partial charge in [0, 0.05) is 31.2 Å². The number of halogens is 1. The Kier molecular flexibility index (Phi) is 6.73. The maximum atomic E-state index is 5.59. The van der Waals surface area contributed by atoms with E-state index in [2.05, 4.69) is 52.1 Å². The Labute approximate surface area is 112 Å². The van der Waals surface area contributed by atoms with Gasteiger partial charge in [-0.05, 0) is 31.2 Å². The molecular formula is C13H21BrN2O. The van der Waals surface area contributed by atoms with Crippen LogP contribution in [-0.4, -0.2) is 38.3 Å². The van der Waals surface area contributed by atoms with Crippen molar-refractivity contribution < 1.29 is 4.74 Å². The second-order valence-electron chi connectivity index (χ2n) is 4.25. The Morgan fingerprint density at radius 1 is 1.35 bits per heavy atom. The van der Waals surface area contributed by atoms with E-state index in [4.69, 9.17) is 10.5 Å². The molecule has 0 heterocycles. The Bertz CT molecular complexity index is 312. The maximum absolute atomic E-state index is 5.59. The molecule has 3 nitrogen and oxygen atoms in total. The van der Waals surface area contributed by atoms with Gasteiger partial charge in [-0.25, -0.2) is 0 Å². The summed E-state index contributed by atoms with van der Waals surface area (Å²) in [5.74, 6) is 0. The number of nitrogens with zero attached hydrogens (tertiary/aromatic N) is 1. The first-order valence-corrected chi connectivity index (χ1v) is 6.61. The number of hydrogen-bond acceptors (Lipinski definition) is 3. The Morgan fingerprint density at radius 2 is 2.00 bits per heavy atom. The summed E-state index contributed by atoms with van der Waals surface area (Å²) in [5.41, 5.74) is 6.91. The maximum Gasteiger partial charge on any atom is 0.0705 e. The highest BCUT2D eigenvalue weighted by Gasteiger charge is 2.07. The van der Waals surface area contributed by atoms with E-state index in [9.17, 15) is 0 Å². The van der Waals surface area contributed by atoms with Crippen LogP contribution in [0, 0.1) is 0 Å². The molecule has 1 atom stereocenters. The van der Waals surface area contributed by atoms with Crippen molar-refractivity contribution in [1.29, 1.82) is 0 Å². The zero-order chi connectivity index (χ0) is 12.7. The van der Waals surface area contributed by atoms with Crippen molar-refractivity contribution in [3.05, 3.63) is 34.3 Å². The monoisotopic (exact) mass is 300 g/mol. The molecule has 0 fully saturated rings. The molecule has 1 aromatic rings. The summed E-state index contributed by atoms with van der Waals surface area (Å²) in [6, 6.07) is 8.41. The molecule has 4 heteroatoms. The van der Waals surface area contributed by atoms with Crippen LogP contribution in [-0.2, 0) is 11.3 Å². The first-order chi connectivity index (χ1) is 8.15. The SMILES string of the molecule is COC(CN)CCN(C)Cc1ccc(Br)cc1. The summed E-state index contributed by atoms with van der Waals surface area (Å²) in [6.07, 6.45) is 1.14. The molecule has 2 N–H and O–H groups in total. The van der Waals surface area contributed by atoms with E-state index in [1.54, 1.807) is 7.11 Å². The predicted molar refractivity (Wildman–Crippen MR) is 74.9 cm³/mol. The smallest absolute Gasteiger partial charge is 0.0705 e. The summed E-state index contributed by atoms with van der Waals surface area (Å²) in [4.78, 5) is 2.28. The van der Waals surface area contributed by atoms with Crippen LogP contribution in [0.3, 0.4) is 0 Å². The molecule has 0 saturated carbocycles. The molecule has 1 rings (SSSR count). The number of benzene rings is 1. The minimum Gasteiger partial charge on any atom is -0.380 e. The molecular weight excluding hydrogens is 280 g/mol. The van der Waals surface area contributed by atoms with Gasteiger partial charge in [0.2, 0.25) is 0 Å². The number of methoxy groups -OCH3 is 1. The van der Waals surface area contributed by atoms with E-state index < -0.39 is 0 Å². The van der Waals surface area contributed by atoms with E-state index in [0.717, 1.165) is 24.0 Å². The minimum absolute atomic E-state index is 0.169. The fourth-order valence-corrected chi connectivity index (χ4v) is 1.94. The third-order valence-electron chi connectivity index (χ3n) is 2.79. The van der Waals surface area contributed by atoms with Crippen molar-refractivity contribution in [3.8, 4) is 0 Å². The average Bonchev–Trinajstić information content (AvgIpc) is 2.33. The fourth-order valence-electron chi connectivity index (χ4n) is 1.68. The highest BCUT2D eigenvalue weighted by Crippen LogP contribution is 2.12. The van der Waals surface area contributed by atoms with Gasteiger partial charge in [-0.15, -0.1) is 0 Å². The Hall–Kier alpha value is -0.420. The van der Waals surface area contributed by atoms with E-state index in [-0.39, 0.29) is 6.10 Å². The normalized spacial score (nSPS) is 13.0. The van der Waals surface area contributed by atoms with Gasteiger partial charge < -0.3 is 15.4 Å². The minimum atomic E-state index is 0.169. The molecule has 0 saturated heterocycles. The second kappa shape index (κ2) is 7.82. The molecule has 0 aromatic heterocycles. The van der Waals surface area contributed by atoms with Gasteiger partial charge in [0.1, 0.15) is 0 Å². The van der Waals surface area contributed by atoms with Crippen molar-refractivity contribution >= 4 is 15.9 Å². The van der Waals surface area contributed by atoms with Gasteiger partial charge >= 0.3 is 0 Å². The lowest BCUT2D eigenvalue weighted by Crippen LogP contribution is -2.28. The molecule has 17 heavy (non-hydrogen) atoms. The molecule has 0 aliphatic carbocycles. The largest absolute Gasteiger partial charge is 0.380 e. The van der Waals surface area contributed by atoms with Crippen molar-refractivity contribution in [2.24, 2.45) is 5.73 Å². The lowest BCUT2D eigenvalue weighted by Gasteiger charge is -2.20. The number of ether oxygens (including phenoxy) is 1. The highest BCUT2D eigenvalue weighted by atomic mass is 79.9. The van der Waals surface area contributed by atoms with Crippen molar-refractivity contribution in [3.63, 3.8) is 0 Å². The number of rotatable bonds is 7. The predicted octanol–water partition coefficient (Wildman–Crippen LogP) is 2.24. The van der Waals surface area contributed by atoms with Crippen LogP contribution >= 0.6 is 15.9 Å². The van der Waals surface area contributed by atoms with Crippen LogP contribution in [0.2, 0.25) is 0 Å². The summed E-state index contributed by atoms with van der Waals surface area (Å²) in [6.45, 7) is 2.53. The number of hydrogen-bond donors (Lipinski definition) is 1. The topological polar surface area (TPSA) is 38.5 Å². The molecule has 0 aliphatic rings. The van der Waals surface area contributed by atoms with E-state index in [0.29, 0.717) is 6.54 Å². The van der Waals surface area contributed by atoms with Crippen molar-refractivity contribution in [2.45, 2.75) is 19.1 Å². The fraction of sp³-hybridized carbons (Fsp3) is 0.538. The van der Waals surface area contributed by atoms with Crippen LogP contribution in [0.1, 0.15) is 12.0 Å². The summed E-state index contributed by atoms with van der Waals surface area (Å²) >= 11 is 3.44. The van der Waals surface area contributed by atoms with E-state index in [1.165, 1.54) is 5.56 Å². The van der Waals surface area contributed by atoms with Crippen LogP contribution in [0.25, 0.3) is 0 Å². The molecule has 1 aromatic carbocycles. The van der Waals surface area contributed by atoms with Crippen molar-refractivity contribution in [2.75, 3.05) is 27.2 Å². The molecule has 96 valence electrons. The van der Waals surface area contributed by atoms with Gasteiger partial charge in [-0.2, -0.15) is 0 Å². The first kappa shape index (κ1) is 14.6. The van der Waals surface area contributed by atoms with Crippen LogP contribution < -0.4 is 5.73 Å². The summed E-state index contributed by atoms with van der Waals surface area (Å²) in [5, 5.41) is 0. The molecule has 0 aliphatic heterocycles. The van der Waals surface area contributed by atoms with Crippen LogP contribution in [0.4, 0.5) is 0 Å². The summed E-state index contributed by atoms with van der Waals surface area (Å²) < 4.78 is 6.38. The Morgan fingerprint density at radius 3 is 2.53 bits per heavy atom. The summed E-state index contributed by atoms with van der Waals surface area (Å²) in [7, 11) is 3.83. The van der Waals surface area contributed by atoms with Gasteiger partial charge in [0.15, 0.2) is 0 Å². The third-order valence-corrected chi connectivity index (χ3v) is 3.32. The first-order valence-electron chi connectivity index (χ1n) is 5.81. The second-order valence-corrected chi connectivity index (χ2v) is 5.16. The van der Waals surface area contributed by atoms with Gasteiger partial charge in [0.25, 0.3) is 0 Å². The molecule has 1 unspecified atom stereocenters. The van der Waals surface area contributed by atoms with Crippen molar-refractivity contribution in [1.82, 2.24) is 4.90 Å². The quantitative estimate of drug-likeness (QED) is 0.839. The van der Waals surface area contributed by atoms with Gasteiger partial charge in [-0.3, -0.25) is 0 Å². The average molecular weight is 301 g/mol. The zero-order valence-corrected chi connectivity index (χ0v) is 12.1. The van der Waals surface area contributed by atoms with Crippen LogP contribution in [0.15, 0.2) is 28.7 Å². The lowest BCUT2D eigenvalue weighted by molar-refractivity contribution is 0.0919. The van der Waals surface area contributed by atoms with Gasteiger partial charge in [0.05, 0.1) is 6.10 Å². The standard InChI is InChI=1S/C13H21BrN2O/c1-16(8-7-13(9-15)17-2)10-11-3-5-12(14)6-4-11/h3-6,13H,7-10,15H2,1-2H3. The zero-order valence-electron chi connectivity index (χ0n) is 10.5.